The summed E-state index contributed by atoms with van der Waals surface area (Å²) in [5, 5.41) is 3.89. The second kappa shape index (κ2) is 7.89. The van der Waals surface area contributed by atoms with Crippen molar-refractivity contribution in [3.8, 4) is 0 Å². The van der Waals surface area contributed by atoms with Gasteiger partial charge in [0.25, 0.3) is 0 Å². The molecular weight excluding hydrogens is 376 g/mol. The predicted molar refractivity (Wildman–Crippen MR) is 99.8 cm³/mol. The van der Waals surface area contributed by atoms with E-state index in [9.17, 15) is 9.18 Å². The van der Waals surface area contributed by atoms with Crippen LogP contribution in [0.5, 0.6) is 0 Å². The van der Waals surface area contributed by atoms with Gasteiger partial charge in [0.15, 0.2) is 0 Å². The van der Waals surface area contributed by atoms with Crippen molar-refractivity contribution in [2.24, 2.45) is 7.05 Å². The number of nitrogens with one attached hydrogen (secondary N) is 1. The summed E-state index contributed by atoms with van der Waals surface area (Å²) in [6, 6.07) is 10.5. The molecule has 1 N–H and O–H groups in total. The first-order valence-electron chi connectivity index (χ1n) is 7.90. The highest BCUT2D eigenvalue weighted by Crippen LogP contribution is 2.23. The van der Waals surface area contributed by atoms with Crippen LogP contribution in [0, 0.1) is 5.82 Å². The van der Waals surface area contributed by atoms with E-state index in [1.165, 1.54) is 12.1 Å². The van der Waals surface area contributed by atoms with E-state index in [-0.39, 0.29) is 18.1 Å². The molecule has 1 aromatic heterocycles. The lowest BCUT2D eigenvalue weighted by molar-refractivity contribution is -0.121. The first-order chi connectivity index (χ1) is 12.4. The molecule has 7 heteroatoms. The van der Waals surface area contributed by atoms with Crippen molar-refractivity contribution in [1.82, 2.24) is 14.9 Å². The highest BCUT2D eigenvalue weighted by molar-refractivity contribution is 6.35. The number of rotatable bonds is 5. The second-order valence-corrected chi connectivity index (χ2v) is 6.70. The van der Waals surface area contributed by atoms with Crippen molar-refractivity contribution < 1.29 is 9.18 Å². The molecule has 1 heterocycles. The first kappa shape index (κ1) is 18.4. The molecule has 1 amide bonds. The number of aromatic nitrogens is 2. The molecule has 0 bridgehead atoms. The number of imidazole rings is 1. The maximum absolute atomic E-state index is 13.3. The van der Waals surface area contributed by atoms with Gasteiger partial charge in [-0.25, -0.2) is 9.37 Å². The Labute approximate surface area is 160 Å². The average Bonchev–Trinajstić information content (AvgIpc) is 3.02. The molecular formula is C19H16Cl2FN3O. The van der Waals surface area contributed by atoms with Gasteiger partial charge in [0.05, 0.1) is 6.42 Å². The van der Waals surface area contributed by atoms with Crippen LogP contribution in [0.4, 0.5) is 4.39 Å². The Balaban J connectivity index is 1.84. The van der Waals surface area contributed by atoms with Crippen molar-refractivity contribution in [1.29, 1.82) is 0 Å². The lowest BCUT2D eigenvalue weighted by Gasteiger charge is -2.19. The van der Waals surface area contributed by atoms with E-state index in [0.717, 1.165) is 5.56 Å². The fourth-order valence-electron chi connectivity index (χ4n) is 2.66. The van der Waals surface area contributed by atoms with E-state index in [2.05, 4.69) is 10.3 Å². The number of nitrogens with zero attached hydrogens (tertiary/aromatic N) is 2. The molecule has 26 heavy (non-hydrogen) atoms. The van der Waals surface area contributed by atoms with Crippen molar-refractivity contribution in [3.63, 3.8) is 0 Å². The number of carbonyl (C=O) groups is 1. The van der Waals surface area contributed by atoms with Crippen LogP contribution in [0.15, 0.2) is 54.9 Å². The van der Waals surface area contributed by atoms with Gasteiger partial charge in [-0.05, 0) is 35.4 Å². The van der Waals surface area contributed by atoms with Crippen LogP contribution < -0.4 is 5.32 Å². The topological polar surface area (TPSA) is 46.9 Å². The van der Waals surface area contributed by atoms with E-state index >= 15 is 0 Å². The van der Waals surface area contributed by atoms with E-state index in [1.54, 1.807) is 42.7 Å². The van der Waals surface area contributed by atoms with Crippen LogP contribution in [0.1, 0.15) is 23.0 Å². The number of halogens is 3. The molecule has 0 radical (unpaired) electrons. The summed E-state index contributed by atoms with van der Waals surface area (Å²) >= 11 is 12.0. The lowest BCUT2D eigenvalue weighted by Crippen LogP contribution is -2.32. The molecule has 0 aliphatic heterocycles. The fourth-order valence-corrected chi connectivity index (χ4v) is 3.13. The smallest absolute Gasteiger partial charge is 0.225 e. The van der Waals surface area contributed by atoms with Gasteiger partial charge >= 0.3 is 0 Å². The number of aryl methyl sites for hydroxylation is 1. The summed E-state index contributed by atoms with van der Waals surface area (Å²) in [7, 11) is 1.83. The van der Waals surface area contributed by atoms with Crippen LogP contribution >= 0.6 is 23.2 Å². The van der Waals surface area contributed by atoms with Gasteiger partial charge in [0, 0.05) is 29.5 Å². The van der Waals surface area contributed by atoms with Gasteiger partial charge in [0.2, 0.25) is 5.91 Å². The lowest BCUT2D eigenvalue weighted by atomic mass is 10.0. The van der Waals surface area contributed by atoms with E-state index in [1.807, 2.05) is 11.6 Å². The standard InChI is InChI=1S/C19H16Cl2FN3O/c1-25-9-8-23-19(25)18(12-3-6-15(22)7-4-12)24-17(26)10-13-2-5-14(20)11-16(13)21/h2-9,11,18H,10H2,1H3,(H,24,26)/t18-/m0/s1. The third kappa shape index (κ3) is 4.23. The van der Waals surface area contributed by atoms with Crippen LogP contribution in [-0.2, 0) is 18.3 Å². The quantitative estimate of drug-likeness (QED) is 0.703. The molecule has 0 saturated heterocycles. The van der Waals surface area contributed by atoms with Gasteiger partial charge in [-0.3, -0.25) is 4.79 Å². The van der Waals surface area contributed by atoms with Crippen LogP contribution in [-0.4, -0.2) is 15.5 Å². The molecule has 0 aliphatic carbocycles. The maximum atomic E-state index is 13.3. The van der Waals surface area contributed by atoms with Crippen LogP contribution in [0.3, 0.4) is 0 Å². The fraction of sp³-hybridized carbons (Fsp3) is 0.158. The summed E-state index contributed by atoms with van der Waals surface area (Å²) in [4.78, 5) is 16.9. The Kier molecular flexibility index (Phi) is 5.59. The molecule has 1 atom stereocenters. The van der Waals surface area contributed by atoms with Crippen molar-refractivity contribution in [2.45, 2.75) is 12.5 Å². The van der Waals surface area contributed by atoms with E-state index < -0.39 is 6.04 Å². The zero-order valence-electron chi connectivity index (χ0n) is 13.9. The summed E-state index contributed by atoms with van der Waals surface area (Å²) < 4.78 is 15.1. The Morgan fingerprint density at radius 2 is 1.96 bits per heavy atom. The largest absolute Gasteiger partial charge is 0.342 e. The monoisotopic (exact) mass is 391 g/mol. The molecule has 3 aromatic rings. The first-order valence-corrected chi connectivity index (χ1v) is 8.65. The zero-order valence-corrected chi connectivity index (χ0v) is 15.4. The summed E-state index contributed by atoms with van der Waals surface area (Å²) in [6.45, 7) is 0. The summed E-state index contributed by atoms with van der Waals surface area (Å²) in [6.07, 6.45) is 3.53. The van der Waals surface area contributed by atoms with Gasteiger partial charge < -0.3 is 9.88 Å². The molecule has 0 aliphatic rings. The van der Waals surface area contributed by atoms with E-state index in [4.69, 9.17) is 23.2 Å². The third-order valence-electron chi connectivity index (χ3n) is 3.99. The number of benzene rings is 2. The van der Waals surface area contributed by atoms with Crippen molar-refractivity contribution in [2.75, 3.05) is 0 Å². The SMILES string of the molecule is Cn1ccnc1[C@@H](NC(=O)Cc1ccc(Cl)cc1Cl)c1ccc(F)cc1. The number of carbonyl (C=O) groups excluding carboxylic acids is 1. The molecule has 3 rings (SSSR count). The third-order valence-corrected chi connectivity index (χ3v) is 4.58. The Morgan fingerprint density at radius 1 is 1.23 bits per heavy atom. The average molecular weight is 392 g/mol. The van der Waals surface area contributed by atoms with Crippen molar-refractivity contribution in [3.05, 3.63) is 87.7 Å². The second-order valence-electron chi connectivity index (χ2n) is 5.86. The number of amides is 1. The normalized spacial score (nSPS) is 12.0. The van der Waals surface area contributed by atoms with Gasteiger partial charge in [-0.15, -0.1) is 0 Å². The van der Waals surface area contributed by atoms with E-state index in [0.29, 0.717) is 21.4 Å². The molecule has 0 saturated carbocycles. The van der Waals surface area contributed by atoms with Crippen LogP contribution in [0.2, 0.25) is 10.0 Å². The molecule has 134 valence electrons. The van der Waals surface area contributed by atoms with Gasteiger partial charge in [0.1, 0.15) is 17.7 Å². The summed E-state index contributed by atoms with van der Waals surface area (Å²) in [5.74, 6) is 0.0744. The minimum atomic E-state index is -0.505. The van der Waals surface area contributed by atoms with Gasteiger partial charge in [-0.1, -0.05) is 41.4 Å². The van der Waals surface area contributed by atoms with Gasteiger partial charge in [-0.2, -0.15) is 0 Å². The number of hydrogen-bond acceptors (Lipinski definition) is 2. The maximum Gasteiger partial charge on any atom is 0.225 e. The highest BCUT2D eigenvalue weighted by atomic mass is 35.5. The number of hydrogen-bond donors (Lipinski definition) is 1. The zero-order chi connectivity index (χ0) is 18.7. The Hall–Kier alpha value is -2.37. The molecule has 2 aromatic carbocycles. The minimum Gasteiger partial charge on any atom is -0.342 e. The van der Waals surface area contributed by atoms with Crippen LogP contribution in [0.25, 0.3) is 0 Å². The molecule has 0 unspecified atom stereocenters. The molecule has 4 nitrogen and oxygen atoms in total. The molecule has 0 spiro atoms. The predicted octanol–water partition coefficient (Wildman–Crippen LogP) is 4.31. The minimum absolute atomic E-state index is 0.0954. The Bertz CT molecular complexity index is 925. The molecule has 0 fully saturated rings. The Morgan fingerprint density at radius 3 is 2.58 bits per heavy atom. The van der Waals surface area contributed by atoms with Crippen molar-refractivity contribution >= 4 is 29.1 Å². The highest BCUT2D eigenvalue weighted by Gasteiger charge is 2.21. The summed E-state index contributed by atoms with van der Waals surface area (Å²) in [5.41, 5.74) is 1.41.